The second-order valence-electron chi connectivity index (χ2n) is 7.14. The summed E-state index contributed by atoms with van der Waals surface area (Å²) in [5.41, 5.74) is 2.23. The van der Waals surface area contributed by atoms with Crippen LogP contribution >= 0.6 is 0 Å². The first-order valence-corrected chi connectivity index (χ1v) is 10.8. The second-order valence-corrected chi connectivity index (χ2v) is 9.00. The van der Waals surface area contributed by atoms with E-state index in [1.165, 1.54) is 10.6 Å². The van der Waals surface area contributed by atoms with Gasteiger partial charge in [0.1, 0.15) is 0 Å². The molecule has 6 nitrogen and oxygen atoms in total. The van der Waals surface area contributed by atoms with E-state index in [1.807, 2.05) is 13.0 Å². The molecule has 2 heterocycles. The molecule has 1 amide bonds. The maximum Gasteiger partial charge on any atom is 0.251 e. The lowest BCUT2D eigenvalue weighted by Crippen LogP contribution is -2.44. The second kappa shape index (κ2) is 6.96. The normalized spacial score (nSPS) is 22.0. The lowest BCUT2D eigenvalue weighted by Gasteiger charge is -2.31. The van der Waals surface area contributed by atoms with Gasteiger partial charge in [0.05, 0.1) is 11.9 Å². The van der Waals surface area contributed by atoms with Crippen molar-refractivity contribution < 1.29 is 13.2 Å². The molecule has 1 aromatic carbocycles. The van der Waals surface area contributed by atoms with Crippen molar-refractivity contribution in [1.29, 1.82) is 0 Å². The standard InChI is InChI=1S/C18H27N3O3S/c1-4-20-9-7-16(8-10-20)19-18(22)14-5-6-17-15(12-14)11-13(2)21(17)25(3,23)24/h5-6,12-13,16H,4,7-11H2,1-3H3,(H,19,22)/t13-/m1/s1. The van der Waals surface area contributed by atoms with E-state index in [4.69, 9.17) is 0 Å². The fourth-order valence-electron chi connectivity index (χ4n) is 3.91. The smallest absolute Gasteiger partial charge is 0.251 e. The van der Waals surface area contributed by atoms with Crippen LogP contribution in [0.15, 0.2) is 18.2 Å². The third-order valence-corrected chi connectivity index (χ3v) is 6.49. The van der Waals surface area contributed by atoms with Gasteiger partial charge in [0, 0.05) is 30.7 Å². The molecule has 1 aromatic rings. The minimum absolute atomic E-state index is 0.0665. The van der Waals surface area contributed by atoms with Crippen LogP contribution in [0.1, 0.15) is 42.6 Å². The molecule has 2 aliphatic heterocycles. The van der Waals surface area contributed by atoms with Gasteiger partial charge in [-0.3, -0.25) is 9.10 Å². The zero-order valence-corrected chi connectivity index (χ0v) is 16.0. The molecule has 0 spiro atoms. The number of anilines is 1. The van der Waals surface area contributed by atoms with Crippen molar-refractivity contribution in [1.82, 2.24) is 10.2 Å². The molecular weight excluding hydrogens is 338 g/mol. The van der Waals surface area contributed by atoms with E-state index in [-0.39, 0.29) is 18.0 Å². The summed E-state index contributed by atoms with van der Waals surface area (Å²) in [6.45, 7) is 7.14. The molecule has 138 valence electrons. The van der Waals surface area contributed by atoms with Gasteiger partial charge in [0.15, 0.2) is 0 Å². The number of rotatable bonds is 4. The summed E-state index contributed by atoms with van der Waals surface area (Å²) in [5, 5.41) is 3.13. The van der Waals surface area contributed by atoms with Gasteiger partial charge in [-0.15, -0.1) is 0 Å². The van der Waals surface area contributed by atoms with Crippen molar-refractivity contribution in [3.63, 3.8) is 0 Å². The van der Waals surface area contributed by atoms with Gasteiger partial charge in [0.25, 0.3) is 5.91 Å². The van der Waals surface area contributed by atoms with Crippen LogP contribution in [0.2, 0.25) is 0 Å². The molecule has 0 aromatic heterocycles. The maximum absolute atomic E-state index is 12.6. The van der Waals surface area contributed by atoms with Crippen molar-refractivity contribution >= 4 is 21.6 Å². The number of hydrogen-bond donors (Lipinski definition) is 1. The molecule has 0 radical (unpaired) electrons. The summed E-state index contributed by atoms with van der Waals surface area (Å²) in [6, 6.07) is 5.43. The van der Waals surface area contributed by atoms with Crippen LogP contribution in [0.5, 0.6) is 0 Å². The number of likely N-dealkylation sites (tertiary alicyclic amines) is 1. The fourth-order valence-corrected chi connectivity index (χ4v) is 5.18. The first-order valence-electron chi connectivity index (χ1n) is 8.95. The maximum atomic E-state index is 12.6. The highest BCUT2D eigenvalue weighted by molar-refractivity contribution is 7.92. The number of nitrogens with one attached hydrogen (secondary N) is 1. The highest BCUT2D eigenvalue weighted by Gasteiger charge is 2.33. The summed E-state index contributed by atoms with van der Waals surface area (Å²) in [7, 11) is -3.30. The molecule has 1 saturated heterocycles. The minimum atomic E-state index is -3.30. The predicted molar refractivity (Wildman–Crippen MR) is 99.5 cm³/mol. The Hall–Kier alpha value is -1.60. The fraction of sp³-hybridized carbons (Fsp3) is 0.611. The zero-order valence-electron chi connectivity index (χ0n) is 15.2. The average molecular weight is 365 g/mol. The summed E-state index contributed by atoms with van der Waals surface area (Å²) < 4.78 is 25.4. The van der Waals surface area contributed by atoms with E-state index in [1.54, 1.807) is 12.1 Å². The molecule has 7 heteroatoms. The van der Waals surface area contributed by atoms with E-state index < -0.39 is 10.0 Å². The third-order valence-electron chi connectivity index (χ3n) is 5.22. The van der Waals surface area contributed by atoms with E-state index in [0.717, 1.165) is 38.0 Å². The lowest BCUT2D eigenvalue weighted by molar-refractivity contribution is 0.0912. The minimum Gasteiger partial charge on any atom is -0.349 e. The van der Waals surface area contributed by atoms with Crippen LogP contribution < -0.4 is 9.62 Å². The van der Waals surface area contributed by atoms with Gasteiger partial charge in [-0.2, -0.15) is 0 Å². The third kappa shape index (κ3) is 3.82. The molecule has 0 aliphatic carbocycles. The van der Waals surface area contributed by atoms with Gasteiger partial charge < -0.3 is 10.2 Å². The zero-order chi connectivity index (χ0) is 18.2. The molecule has 0 unspecified atom stereocenters. The summed E-state index contributed by atoms with van der Waals surface area (Å²) in [4.78, 5) is 15.0. The van der Waals surface area contributed by atoms with Crippen LogP contribution in [0, 0.1) is 0 Å². The number of carbonyl (C=O) groups is 1. The van der Waals surface area contributed by atoms with Gasteiger partial charge in [-0.1, -0.05) is 6.92 Å². The SMILES string of the molecule is CCN1CCC(NC(=O)c2ccc3c(c2)C[C@@H](C)N3S(C)(=O)=O)CC1. The first kappa shape index (κ1) is 18.2. The number of piperidine rings is 1. The van der Waals surface area contributed by atoms with E-state index >= 15 is 0 Å². The van der Waals surface area contributed by atoms with Crippen LogP contribution in [0.4, 0.5) is 5.69 Å². The summed E-state index contributed by atoms with van der Waals surface area (Å²) in [5.74, 6) is -0.0665. The molecule has 1 fully saturated rings. The summed E-state index contributed by atoms with van der Waals surface area (Å²) in [6.07, 6.45) is 3.81. The topological polar surface area (TPSA) is 69.7 Å². The van der Waals surface area contributed by atoms with Crippen LogP contribution in [-0.2, 0) is 16.4 Å². The van der Waals surface area contributed by atoms with Crippen molar-refractivity contribution in [2.45, 2.75) is 45.2 Å². The quantitative estimate of drug-likeness (QED) is 0.880. The van der Waals surface area contributed by atoms with Gasteiger partial charge in [-0.05, 0) is 56.5 Å². The number of fused-ring (bicyclic) bond motifs is 1. The molecule has 3 rings (SSSR count). The first-order chi connectivity index (χ1) is 11.8. The van der Waals surface area contributed by atoms with Crippen molar-refractivity contribution in [3.05, 3.63) is 29.3 Å². The Morgan fingerprint density at radius 2 is 1.96 bits per heavy atom. The van der Waals surface area contributed by atoms with Crippen LogP contribution in [0.25, 0.3) is 0 Å². The molecule has 2 aliphatic rings. The molecule has 0 bridgehead atoms. The predicted octanol–water partition coefficient (Wildman–Crippen LogP) is 1.61. The van der Waals surface area contributed by atoms with Crippen molar-refractivity contribution in [2.75, 3.05) is 30.2 Å². The number of nitrogens with zero attached hydrogens (tertiary/aromatic N) is 2. The Bertz CT molecular complexity index is 755. The van der Waals surface area contributed by atoms with Gasteiger partial charge >= 0.3 is 0 Å². The molecular formula is C18H27N3O3S. The Morgan fingerprint density at radius 3 is 2.56 bits per heavy atom. The Kier molecular flexibility index (Phi) is 5.06. The van der Waals surface area contributed by atoms with Crippen LogP contribution in [-0.4, -0.2) is 57.2 Å². The van der Waals surface area contributed by atoms with E-state index in [9.17, 15) is 13.2 Å². The molecule has 25 heavy (non-hydrogen) atoms. The summed E-state index contributed by atoms with van der Waals surface area (Å²) >= 11 is 0. The number of carbonyl (C=O) groups excluding carboxylic acids is 1. The number of hydrogen-bond acceptors (Lipinski definition) is 4. The number of sulfonamides is 1. The highest BCUT2D eigenvalue weighted by atomic mass is 32.2. The van der Waals surface area contributed by atoms with Gasteiger partial charge in [-0.25, -0.2) is 8.42 Å². The lowest BCUT2D eigenvalue weighted by atomic mass is 10.0. The Labute approximate surface area is 150 Å². The van der Waals surface area contributed by atoms with Gasteiger partial charge in [0.2, 0.25) is 10.0 Å². The average Bonchev–Trinajstić information content (AvgIpc) is 2.90. The Balaban J connectivity index is 1.71. The highest BCUT2D eigenvalue weighted by Crippen LogP contribution is 2.34. The Morgan fingerprint density at radius 1 is 1.28 bits per heavy atom. The number of benzene rings is 1. The number of amides is 1. The van der Waals surface area contributed by atoms with Crippen LogP contribution in [0.3, 0.4) is 0 Å². The van der Waals surface area contributed by atoms with Crippen molar-refractivity contribution in [3.8, 4) is 0 Å². The molecule has 1 N–H and O–H groups in total. The largest absolute Gasteiger partial charge is 0.349 e. The van der Waals surface area contributed by atoms with E-state index in [0.29, 0.717) is 17.7 Å². The van der Waals surface area contributed by atoms with Crippen molar-refractivity contribution in [2.24, 2.45) is 0 Å². The molecule has 0 saturated carbocycles. The molecule has 1 atom stereocenters. The van der Waals surface area contributed by atoms with E-state index in [2.05, 4.69) is 17.1 Å². The monoisotopic (exact) mass is 365 g/mol.